The third-order valence-electron chi connectivity index (χ3n) is 1.73. The summed E-state index contributed by atoms with van der Waals surface area (Å²) < 4.78 is 0. The summed E-state index contributed by atoms with van der Waals surface area (Å²) in [5.41, 5.74) is 0. The molecule has 0 bridgehead atoms. The number of rotatable bonds is 6. The predicted molar refractivity (Wildman–Crippen MR) is 51.7 cm³/mol. The van der Waals surface area contributed by atoms with Gasteiger partial charge in [0.2, 0.25) is 0 Å². The molecule has 0 spiro atoms. The van der Waals surface area contributed by atoms with E-state index < -0.39 is 0 Å². The van der Waals surface area contributed by atoms with Crippen molar-refractivity contribution >= 4 is 6.03 Å². The van der Waals surface area contributed by atoms with Crippen LogP contribution in [0.2, 0.25) is 0 Å². The molecule has 0 aromatic carbocycles. The minimum atomic E-state index is -0.134. The summed E-state index contributed by atoms with van der Waals surface area (Å²) in [6.07, 6.45) is 0.893. The molecule has 0 atom stereocenters. The van der Waals surface area contributed by atoms with E-state index in [2.05, 4.69) is 10.6 Å². The van der Waals surface area contributed by atoms with Gasteiger partial charge in [0.1, 0.15) is 0 Å². The Morgan fingerprint density at radius 2 is 2.08 bits per heavy atom. The van der Waals surface area contributed by atoms with Crippen LogP contribution in [0.3, 0.4) is 0 Å². The van der Waals surface area contributed by atoms with Crippen molar-refractivity contribution in [2.24, 2.45) is 0 Å². The molecule has 0 heterocycles. The van der Waals surface area contributed by atoms with Crippen molar-refractivity contribution in [2.45, 2.75) is 6.42 Å². The van der Waals surface area contributed by atoms with Gasteiger partial charge in [-0.3, -0.25) is 0 Å². The van der Waals surface area contributed by atoms with E-state index in [0.717, 1.165) is 13.0 Å². The molecule has 5 nitrogen and oxygen atoms in total. The smallest absolute Gasteiger partial charge is 0.317 e. The molecule has 0 aliphatic rings. The molecular weight excluding hydrogens is 170 g/mol. The third kappa shape index (κ3) is 5.43. The molecule has 78 valence electrons. The highest BCUT2D eigenvalue weighted by Gasteiger charge is 2.09. The Morgan fingerprint density at radius 3 is 2.54 bits per heavy atom. The van der Waals surface area contributed by atoms with E-state index >= 15 is 0 Å². The molecule has 0 aromatic rings. The average molecular weight is 189 g/mol. The molecular formula is C8H19N3O2. The van der Waals surface area contributed by atoms with Crippen LogP contribution in [-0.4, -0.2) is 56.4 Å². The SMILES string of the molecule is CNCCCN(CCO)C(=O)NC. The first-order valence-corrected chi connectivity index (χ1v) is 4.48. The van der Waals surface area contributed by atoms with Gasteiger partial charge in [-0.05, 0) is 20.0 Å². The van der Waals surface area contributed by atoms with Gasteiger partial charge in [-0.1, -0.05) is 0 Å². The maximum absolute atomic E-state index is 11.2. The standard InChI is InChI=1S/C8H19N3O2/c1-9-4-3-5-11(6-7-12)8(13)10-2/h9,12H,3-7H2,1-2H3,(H,10,13). The van der Waals surface area contributed by atoms with Crippen LogP contribution in [0.5, 0.6) is 0 Å². The lowest BCUT2D eigenvalue weighted by molar-refractivity contribution is 0.178. The summed E-state index contributed by atoms with van der Waals surface area (Å²) in [6, 6.07) is -0.134. The summed E-state index contributed by atoms with van der Waals surface area (Å²) in [5.74, 6) is 0. The van der Waals surface area contributed by atoms with Gasteiger partial charge >= 0.3 is 6.03 Å². The van der Waals surface area contributed by atoms with Crippen LogP contribution >= 0.6 is 0 Å². The highest BCUT2D eigenvalue weighted by atomic mass is 16.3. The van der Waals surface area contributed by atoms with Gasteiger partial charge in [-0.25, -0.2) is 4.79 Å². The monoisotopic (exact) mass is 189 g/mol. The largest absolute Gasteiger partial charge is 0.395 e. The lowest BCUT2D eigenvalue weighted by Crippen LogP contribution is -2.41. The maximum atomic E-state index is 11.2. The van der Waals surface area contributed by atoms with E-state index in [9.17, 15) is 4.79 Å². The summed E-state index contributed by atoms with van der Waals surface area (Å²) >= 11 is 0. The summed E-state index contributed by atoms with van der Waals surface area (Å²) in [5, 5.41) is 14.2. The lowest BCUT2D eigenvalue weighted by atomic mass is 10.4. The second-order valence-electron chi connectivity index (χ2n) is 2.72. The van der Waals surface area contributed by atoms with Gasteiger partial charge in [0.15, 0.2) is 0 Å². The van der Waals surface area contributed by atoms with E-state index in [0.29, 0.717) is 13.1 Å². The lowest BCUT2D eigenvalue weighted by Gasteiger charge is -2.20. The minimum absolute atomic E-state index is 0.00692. The summed E-state index contributed by atoms with van der Waals surface area (Å²) in [4.78, 5) is 12.8. The van der Waals surface area contributed by atoms with Gasteiger partial charge in [0.05, 0.1) is 6.61 Å². The normalized spacial score (nSPS) is 9.77. The number of urea groups is 1. The average Bonchev–Trinajstić information content (AvgIpc) is 2.16. The number of amides is 2. The Labute approximate surface area is 79.1 Å². The van der Waals surface area contributed by atoms with Crippen LogP contribution in [0, 0.1) is 0 Å². The zero-order valence-corrected chi connectivity index (χ0v) is 8.34. The van der Waals surface area contributed by atoms with Crippen LogP contribution in [0.4, 0.5) is 4.79 Å². The van der Waals surface area contributed by atoms with Crippen LogP contribution < -0.4 is 10.6 Å². The van der Waals surface area contributed by atoms with E-state index in [1.54, 1.807) is 11.9 Å². The number of aliphatic hydroxyl groups excluding tert-OH is 1. The predicted octanol–water partition coefficient (Wildman–Crippen LogP) is -0.770. The Balaban J connectivity index is 3.73. The first-order valence-electron chi connectivity index (χ1n) is 4.48. The van der Waals surface area contributed by atoms with E-state index in [1.807, 2.05) is 7.05 Å². The molecule has 0 aliphatic carbocycles. The second kappa shape index (κ2) is 7.82. The van der Waals surface area contributed by atoms with E-state index in [4.69, 9.17) is 5.11 Å². The van der Waals surface area contributed by atoms with Crippen LogP contribution in [0.25, 0.3) is 0 Å². The molecule has 0 radical (unpaired) electrons. The highest BCUT2D eigenvalue weighted by Crippen LogP contribution is 1.91. The molecule has 5 heteroatoms. The number of hydrogen-bond acceptors (Lipinski definition) is 3. The Morgan fingerprint density at radius 1 is 1.38 bits per heavy atom. The molecule has 0 unspecified atom stereocenters. The van der Waals surface area contributed by atoms with Crippen molar-refractivity contribution in [1.82, 2.24) is 15.5 Å². The summed E-state index contributed by atoms with van der Waals surface area (Å²) in [7, 11) is 3.46. The van der Waals surface area contributed by atoms with Crippen LogP contribution in [0.1, 0.15) is 6.42 Å². The van der Waals surface area contributed by atoms with Gasteiger partial charge in [0, 0.05) is 20.1 Å². The number of nitrogens with one attached hydrogen (secondary N) is 2. The topological polar surface area (TPSA) is 64.6 Å². The summed E-state index contributed by atoms with van der Waals surface area (Å²) in [6.45, 7) is 1.94. The number of carbonyl (C=O) groups excluding carboxylic acids is 1. The Hall–Kier alpha value is -0.810. The number of carbonyl (C=O) groups is 1. The zero-order chi connectivity index (χ0) is 10.1. The highest BCUT2D eigenvalue weighted by molar-refractivity contribution is 5.73. The molecule has 0 saturated carbocycles. The molecule has 0 aromatic heterocycles. The van der Waals surface area contributed by atoms with Crippen LogP contribution in [-0.2, 0) is 0 Å². The maximum Gasteiger partial charge on any atom is 0.317 e. The van der Waals surface area contributed by atoms with Crippen LogP contribution in [0.15, 0.2) is 0 Å². The molecule has 0 saturated heterocycles. The third-order valence-corrected chi connectivity index (χ3v) is 1.73. The minimum Gasteiger partial charge on any atom is -0.395 e. The Kier molecular flexibility index (Phi) is 7.33. The molecule has 0 rings (SSSR count). The van der Waals surface area contributed by atoms with Gasteiger partial charge in [-0.15, -0.1) is 0 Å². The molecule has 13 heavy (non-hydrogen) atoms. The van der Waals surface area contributed by atoms with Crippen molar-refractivity contribution < 1.29 is 9.90 Å². The van der Waals surface area contributed by atoms with Crippen molar-refractivity contribution in [3.63, 3.8) is 0 Å². The number of aliphatic hydroxyl groups is 1. The van der Waals surface area contributed by atoms with Crippen molar-refractivity contribution in [2.75, 3.05) is 40.3 Å². The number of nitrogens with zero attached hydrogens (tertiary/aromatic N) is 1. The van der Waals surface area contributed by atoms with Gasteiger partial charge < -0.3 is 20.6 Å². The zero-order valence-electron chi connectivity index (χ0n) is 8.34. The van der Waals surface area contributed by atoms with E-state index in [-0.39, 0.29) is 12.6 Å². The van der Waals surface area contributed by atoms with Gasteiger partial charge in [0.25, 0.3) is 0 Å². The Bertz CT molecular complexity index is 141. The molecule has 0 fully saturated rings. The second-order valence-corrected chi connectivity index (χ2v) is 2.72. The fourth-order valence-corrected chi connectivity index (χ4v) is 1.04. The molecule has 0 aliphatic heterocycles. The van der Waals surface area contributed by atoms with Crippen molar-refractivity contribution in [1.29, 1.82) is 0 Å². The van der Waals surface area contributed by atoms with E-state index in [1.165, 1.54) is 0 Å². The van der Waals surface area contributed by atoms with Crippen molar-refractivity contribution in [3.05, 3.63) is 0 Å². The van der Waals surface area contributed by atoms with Gasteiger partial charge in [-0.2, -0.15) is 0 Å². The number of hydrogen-bond donors (Lipinski definition) is 3. The fourth-order valence-electron chi connectivity index (χ4n) is 1.04. The molecule has 2 amide bonds. The first-order chi connectivity index (χ1) is 6.26. The molecule has 3 N–H and O–H groups in total. The fraction of sp³-hybridized carbons (Fsp3) is 0.875. The first kappa shape index (κ1) is 12.2. The van der Waals surface area contributed by atoms with Crippen molar-refractivity contribution in [3.8, 4) is 0 Å². The quantitative estimate of drug-likeness (QED) is 0.481.